The molecule has 2 heterocycles. The molecule has 1 saturated carbocycles. The number of hydrogen-bond donors (Lipinski definition) is 1. The molecule has 2 aromatic carbocycles. The van der Waals surface area contributed by atoms with Gasteiger partial charge in [-0.2, -0.15) is 15.8 Å². The predicted octanol–water partition coefficient (Wildman–Crippen LogP) is 5.49. The van der Waals surface area contributed by atoms with Gasteiger partial charge < -0.3 is 9.47 Å². The lowest BCUT2D eigenvalue weighted by molar-refractivity contribution is -0.296. The molecule has 0 amide bonds. The lowest BCUT2D eigenvalue weighted by Gasteiger charge is -2.52. The molecule has 2 bridgehead atoms. The average Bonchev–Trinajstić information content (AvgIpc) is 3.04. The van der Waals surface area contributed by atoms with Crippen molar-refractivity contribution in [2.75, 3.05) is 0 Å². The number of rotatable bonds is 2. The van der Waals surface area contributed by atoms with Crippen LogP contribution in [0.5, 0.6) is 0 Å². The highest BCUT2D eigenvalue weighted by atomic mass is 79.9. The van der Waals surface area contributed by atoms with Crippen molar-refractivity contribution in [1.29, 1.82) is 21.2 Å². The van der Waals surface area contributed by atoms with Gasteiger partial charge in [0.05, 0.1) is 28.6 Å². The number of nitrogens with one attached hydrogen (secondary N) is 1. The first-order chi connectivity index (χ1) is 15.9. The molecule has 0 aromatic heterocycles. The van der Waals surface area contributed by atoms with Gasteiger partial charge in [-0.1, -0.05) is 36.4 Å². The van der Waals surface area contributed by atoms with E-state index in [2.05, 4.69) is 22.0 Å². The van der Waals surface area contributed by atoms with Crippen LogP contribution in [0, 0.1) is 62.0 Å². The first kappa shape index (κ1) is 21.6. The van der Waals surface area contributed by atoms with E-state index >= 15 is 0 Å². The second-order valence-corrected chi connectivity index (χ2v) is 9.65. The summed E-state index contributed by atoms with van der Waals surface area (Å²) in [5.74, 6) is -2.82. The SMILES string of the molecule is N#CC1(C#N)C(c2ccc(F)c(Br)c2)OC23CCC(c4ccccc4)CC2C1(C#N)C(=N)O3. The number of nitriles is 3. The normalized spacial score (nSPS) is 33.7. The highest BCUT2D eigenvalue weighted by Crippen LogP contribution is 2.70. The molecule has 3 fully saturated rings. The molecular weight excluding hydrogens is 487 g/mol. The Morgan fingerprint density at radius 1 is 1.03 bits per heavy atom. The fourth-order valence-electron chi connectivity index (χ4n) is 5.84. The monoisotopic (exact) mass is 504 g/mol. The molecule has 3 aliphatic rings. The molecule has 5 atom stereocenters. The van der Waals surface area contributed by atoms with Gasteiger partial charge in [-0.05, 0) is 57.9 Å². The van der Waals surface area contributed by atoms with Crippen LogP contribution in [0.3, 0.4) is 0 Å². The van der Waals surface area contributed by atoms with Gasteiger partial charge in [0.1, 0.15) is 11.9 Å². The van der Waals surface area contributed by atoms with Crippen LogP contribution in [-0.4, -0.2) is 11.7 Å². The van der Waals surface area contributed by atoms with Crippen LogP contribution < -0.4 is 0 Å². The van der Waals surface area contributed by atoms with Crippen molar-refractivity contribution in [3.63, 3.8) is 0 Å². The van der Waals surface area contributed by atoms with E-state index in [4.69, 9.17) is 14.9 Å². The van der Waals surface area contributed by atoms with Crippen LogP contribution in [0.4, 0.5) is 4.39 Å². The van der Waals surface area contributed by atoms with Crippen molar-refractivity contribution >= 4 is 21.8 Å². The van der Waals surface area contributed by atoms with E-state index < -0.39 is 40.4 Å². The fraction of sp³-hybridized carbons (Fsp3) is 0.360. The van der Waals surface area contributed by atoms with Crippen LogP contribution in [-0.2, 0) is 9.47 Å². The topological polar surface area (TPSA) is 114 Å². The quantitative estimate of drug-likeness (QED) is 0.580. The Labute approximate surface area is 198 Å². The molecule has 164 valence electrons. The molecule has 33 heavy (non-hydrogen) atoms. The van der Waals surface area contributed by atoms with Gasteiger partial charge >= 0.3 is 0 Å². The highest BCUT2D eigenvalue weighted by molar-refractivity contribution is 9.10. The Morgan fingerprint density at radius 2 is 1.76 bits per heavy atom. The molecule has 2 aromatic rings. The van der Waals surface area contributed by atoms with Crippen LogP contribution in [0.25, 0.3) is 0 Å². The molecule has 0 radical (unpaired) electrons. The standard InChI is InChI=1S/C25H18BrFN4O2/c26-18-10-17(6-7-19(18)27)21-23(12-28,13-29)24(14-30)20-11-16(15-4-2-1-3-5-15)8-9-25(20,32-21)33-22(24)31/h1-7,10,16,20-21,31H,8-9,11H2. The predicted molar refractivity (Wildman–Crippen MR) is 118 cm³/mol. The van der Waals surface area contributed by atoms with E-state index in [1.165, 1.54) is 18.2 Å². The minimum Gasteiger partial charge on any atom is -0.447 e. The summed E-state index contributed by atoms with van der Waals surface area (Å²) in [4.78, 5) is 0. The zero-order valence-corrected chi connectivity index (χ0v) is 19.0. The van der Waals surface area contributed by atoms with Crippen LogP contribution in [0.1, 0.15) is 42.4 Å². The summed E-state index contributed by atoms with van der Waals surface area (Å²) in [7, 11) is 0. The van der Waals surface area contributed by atoms with E-state index in [1.54, 1.807) is 0 Å². The molecule has 5 rings (SSSR count). The number of nitrogens with zero attached hydrogens (tertiary/aromatic N) is 3. The smallest absolute Gasteiger partial charge is 0.217 e. The molecule has 5 unspecified atom stereocenters. The Kier molecular flexibility index (Phi) is 4.83. The van der Waals surface area contributed by atoms with Crippen molar-refractivity contribution < 1.29 is 13.9 Å². The molecule has 6 nitrogen and oxygen atoms in total. The van der Waals surface area contributed by atoms with Gasteiger partial charge in [-0.15, -0.1) is 0 Å². The molecule has 8 heteroatoms. The van der Waals surface area contributed by atoms with E-state index in [1.807, 2.05) is 42.5 Å². The van der Waals surface area contributed by atoms with Crippen molar-refractivity contribution in [1.82, 2.24) is 0 Å². The number of halogens is 2. The molecule has 1 aliphatic carbocycles. The second-order valence-electron chi connectivity index (χ2n) is 8.80. The zero-order valence-electron chi connectivity index (χ0n) is 17.4. The lowest BCUT2D eigenvalue weighted by Crippen LogP contribution is -2.60. The summed E-state index contributed by atoms with van der Waals surface area (Å²) in [5, 5.41) is 39.9. The van der Waals surface area contributed by atoms with Crippen LogP contribution >= 0.6 is 15.9 Å². The zero-order chi connectivity index (χ0) is 23.4. The van der Waals surface area contributed by atoms with Crippen LogP contribution in [0.15, 0.2) is 53.0 Å². The van der Waals surface area contributed by atoms with Crippen molar-refractivity contribution in [3.05, 3.63) is 69.9 Å². The third-order valence-electron chi connectivity index (χ3n) is 7.43. The Balaban J connectivity index is 1.69. The summed E-state index contributed by atoms with van der Waals surface area (Å²) in [6, 6.07) is 20.2. The van der Waals surface area contributed by atoms with Crippen LogP contribution in [0.2, 0.25) is 0 Å². The Bertz CT molecular complexity index is 1270. The van der Waals surface area contributed by atoms with Crippen molar-refractivity contribution in [2.45, 2.75) is 37.1 Å². The number of benzene rings is 2. The van der Waals surface area contributed by atoms with Crippen molar-refractivity contribution in [3.8, 4) is 18.2 Å². The third kappa shape index (κ3) is 2.67. The number of ether oxygens (including phenoxy) is 2. The Hall–Kier alpha value is -3.25. The second kappa shape index (κ2) is 7.39. The molecule has 2 aliphatic heterocycles. The first-order valence-corrected chi connectivity index (χ1v) is 11.4. The minimum atomic E-state index is -2.06. The Morgan fingerprint density at radius 3 is 2.39 bits per heavy atom. The van der Waals surface area contributed by atoms with E-state index in [-0.39, 0.29) is 10.4 Å². The largest absolute Gasteiger partial charge is 0.447 e. The highest BCUT2D eigenvalue weighted by Gasteiger charge is 2.81. The lowest BCUT2D eigenvalue weighted by atomic mass is 9.50. The summed E-state index contributed by atoms with van der Waals surface area (Å²) in [6.45, 7) is 0. The van der Waals surface area contributed by atoms with Gasteiger partial charge in [0.25, 0.3) is 0 Å². The van der Waals surface area contributed by atoms with Gasteiger partial charge in [0.2, 0.25) is 17.1 Å². The maximum Gasteiger partial charge on any atom is 0.217 e. The molecule has 1 N–H and O–H groups in total. The third-order valence-corrected chi connectivity index (χ3v) is 8.03. The maximum atomic E-state index is 13.9. The summed E-state index contributed by atoms with van der Waals surface area (Å²) in [5.41, 5.74) is -2.42. The van der Waals surface area contributed by atoms with E-state index in [0.29, 0.717) is 24.8 Å². The molecule has 0 spiro atoms. The molecular formula is C25H18BrFN4O2. The van der Waals surface area contributed by atoms with Gasteiger partial charge in [0, 0.05) is 6.42 Å². The maximum absolute atomic E-state index is 13.9. The average molecular weight is 505 g/mol. The van der Waals surface area contributed by atoms with Gasteiger partial charge in [-0.25, -0.2) is 4.39 Å². The summed E-state index contributed by atoms with van der Waals surface area (Å²) >= 11 is 3.15. The minimum absolute atomic E-state index is 0.0711. The van der Waals surface area contributed by atoms with E-state index in [9.17, 15) is 20.2 Å². The first-order valence-electron chi connectivity index (χ1n) is 10.6. The fourth-order valence-corrected chi connectivity index (χ4v) is 6.24. The van der Waals surface area contributed by atoms with Gasteiger partial charge in [0.15, 0.2) is 5.41 Å². The molecule has 2 saturated heterocycles. The number of hydrogen-bond acceptors (Lipinski definition) is 6. The summed E-state index contributed by atoms with van der Waals surface area (Å²) in [6.07, 6.45) is 0.331. The van der Waals surface area contributed by atoms with Gasteiger partial charge in [-0.3, -0.25) is 5.41 Å². The van der Waals surface area contributed by atoms with E-state index in [0.717, 1.165) is 5.56 Å². The van der Waals surface area contributed by atoms with Crippen molar-refractivity contribution in [2.24, 2.45) is 16.7 Å². The summed E-state index contributed by atoms with van der Waals surface area (Å²) < 4.78 is 26.5.